The van der Waals surface area contributed by atoms with Crippen molar-refractivity contribution in [3.63, 3.8) is 0 Å². The Morgan fingerprint density at radius 3 is 2.21 bits per heavy atom. The maximum absolute atomic E-state index is 17.5. The summed E-state index contributed by atoms with van der Waals surface area (Å²) in [6, 6.07) is 11.2. The van der Waals surface area contributed by atoms with E-state index in [1.54, 1.807) is 24.1 Å². The first-order valence-electron chi connectivity index (χ1n) is 16.9. The topological polar surface area (TPSA) is 73.3 Å². The molecule has 11 heteroatoms. The highest BCUT2D eigenvalue weighted by Crippen LogP contribution is 2.46. The fourth-order valence-electron chi connectivity index (χ4n) is 8.33. The van der Waals surface area contributed by atoms with Gasteiger partial charge in [0, 0.05) is 62.8 Å². The van der Waals surface area contributed by atoms with Gasteiger partial charge in [0.05, 0.1) is 18.6 Å². The van der Waals surface area contributed by atoms with Crippen LogP contribution in [0.1, 0.15) is 80.4 Å². The van der Waals surface area contributed by atoms with E-state index in [0.717, 1.165) is 43.4 Å². The fourth-order valence-corrected chi connectivity index (χ4v) is 8.33. The monoisotopic (exact) mass is 659 g/mol. The van der Waals surface area contributed by atoms with Gasteiger partial charge in [-0.05, 0) is 86.3 Å². The normalized spacial score (nSPS) is 29.3. The second-order valence-electron chi connectivity index (χ2n) is 14.1. The molecule has 3 saturated heterocycles. The van der Waals surface area contributed by atoms with Crippen LogP contribution >= 0.6 is 0 Å². The number of piperidine rings is 1. The van der Waals surface area contributed by atoms with E-state index in [1.165, 1.54) is 6.07 Å². The zero-order valence-corrected chi connectivity index (χ0v) is 27.1. The highest BCUT2D eigenvalue weighted by atomic mass is 19.4. The van der Waals surface area contributed by atoms with Crippen LogP contribution in [0.3, 0.4) is 0 Å². The molecule has 0 unspecified atom stereocenters. The molecule has 2 aromatic rings. The molecule has 1 aliphatic carbocycles. The molecule has 1 N–H and O–H groups in total. The molecule has 3 heterocycles. The third-order valence-electron chi connectivity index (χ3n) is 11.2. The van der Waals surface area contributed by atoms with E-state index in [-0.39, 0.29) is 25.0 Å². The van der Waals surface area contributed by atoms with Crippen LogP contribution in [0.15, 0.2) is 42.5 Å². The number of carboxylic acids is 1. The van der Waals surface area contributed by atoms with E-state index in [1.807, 2.05) is 17.0 Å². The molecular weight excluding hydrogens is 614 g/mol. The number of nitrogens with zero attached hydrogens (tertiary/aromatic N) is 3. The van der Waals surface area contributed by atoms with Crippen LogP contribution in [0.4, 0.5) is 23.2 Å². The minimum atomic E-state index is -4.54. The predicted octanol–water partition coefficient (Wildman–Crippen LogP) is 6.72. The van der Waals surface area contributed by atoms with Crippen LogP contribution in [-0.2, 0) is 15.8 Å². The van der Waals surface area contributed by atoms with Gasteiger partial charge >= 0.3 is 12.1 Å². The van der Waals surface area contributed by atoms with Crippen molar-refractivity contribution in [2.75, 3.05) is 51.3 Å². The number of halogens is 4. The van der Waals surface area contributed by atoms with Crippen LogP contribution in [0, 0.1) is 11.8 Å². The Labute approximate surface area is 273 Å². The van der Waals surface area contributed by atoms with Crippen molar-refractivity contribution in [2.45, 2.75) is 81.6 Å². The standard InChI is InChI=1S/C36H45F4N3O4/c1-23-3-8-28(9-4-23)43-21-31(24-5-10-29(47-2)11-6-24)35(37,22-43)34(46)42-18-15-26(20-42)30-12-7-27(36(38,39)40)19-32(30)41-16-13-25(14-17-41)33(44)45/h5-7,10-12,19,23,25-26,28,31H,3-4,8-9,13-18,20-22H2,1-2H3,(H,44,45)/t23?,26-,28?,31+,35+/m1/s1. The van der Waals surface area contributed by atoms with E-state index in [2.05, 4.69) is 11.8 Å². The Balaban J connectivity index is 1.25. The summed E-state index contributed by atoms with van der Waals surface area (Å²) in [7, 11) is 1.57. The SMILES string of the molecule is COc1ccc([C@@H]2CN(C3CCC(C)CC3)C[C@@]2(F)C(=O)N2CC[C@@H](c3ccc(C(F)(F)F)cc3N3CCC(C(=O)O)CC3)C2)cc1. The van der Waals surface area contributed by atoms with Crippen molar-refractivity contribution in [3.05, 3.63) is 59.2 Å². The summed E-state index contributed by atoms with van der Waals surface area (Å²) in [5.41, 5.74) is -1.05. The number of carboxylic acid groups (broad SMARTS) is 1. The maximum atomic E-state index is 17.5. The maximum Gasteiger partial charge on any atom is 0.416 e. The van der Waals surface area contributed by atoms with E-state index in [0.29, 0.717) is 68.4 Å². The molecule has 6 rings (SSSR count). The summed E-state index contributed by atoms with van der Waals surface area (Å²) in [6.45, 7) is 3.89. The molecule has 256 valence electrons. The smallest absolute Gasteiger partial charge is 0.416 e. The Morgan fingerprint density at radius 1 is 0.915 bits per heavy atom. The summed E-state index contributed by atoms with van der Waals surface area (Å²) in [4.78, 5) is 31.4. The lowest BCUT2D eigenvalue weighted by atomic mass is 9.85. The number of methoxy groups -OCH3 is 1. The minimum absolute atomic E-state index is 0.0206. The summed E-state index contributed by atoms with van der Waals surface area (Å²) in [6.07, 6.45) is 0.772. The van der Waals surface area contributed by atoms with Gasteiger partial charge < -0.3 is 19.6 Å². The molecule has 4 aliphatic rings. The Bertz CT molecular complexity index is 1440. The van der Waals surface area contributed by atoms with Gasteiger partial charge in [0.25, 0.3) is 5.91 Å². The number of carbonyl (C=O) groups excluding carboxylic acids is 1. The number of rotatable bonds is 7. The number of likely N-dealkylation sites (tertiary alicyclic amines) is 2. The number of benzene rings is 2. The zero-order chi connectivity index (χ0) is 33.5. The van der Waals surface area contributed by atoms with Crippen molar-refractivity contribution >= 4 is 17.6 Å². The lowest BCUT2D eigenvalue weighted by Gasteiger charge is -2.35. The predicted molar refractivity (Wildman–Crippen MR) is 171 cm³/mol. The van der Waals surface area contributed by atoms with Gasteiger partial charge in [-0.2, -0.15) is 13.2 Å². The molecule has 3 aliphatic heterocycles. The highest BCUT2D eigenvalue weighted by molar-refractivity contribution is 5.88. The van der Waals surface area contributed by atoms with Crippen molar-refractivity contribution in [3.8, 4) is 5.75 Å². The van der Waals surface area contributed by atoms with Gasteiger partial charge in [0.15, 0.2) is 0 Å². The number of amides is 1. The number of anilines is 1. The molecule has 2 aromatic carbocycles. The fraction of sp³-hybridized carbons (Fsp3) is 0.611. The number of alkyl halides is 4. The van der Waals surface area contributed by atoms with Crippen molar-refractivity contribution in [2.24, 2.45) is 11.8 Å². The average Bonchev–Trinajstić information content (AvgIpc) is 3.70. The first-order chi connectivity index (χ1) is 22.4. The van der Waals surface area contributed by atoms with Gasteiger partial charge in [-0.15, -0.1) is 0 Å². The third kappa shape index (κ3) is 6.82. The quantitative estimate of drug-likeness (QED) is 0.333. The van der Waals surface area contributed by atoms with Gasteiger partial charge in [-0.1, -0.05) is 25.1 Å². The third-order valence-corrected chi connectivity index (χ3v) is 11.2. The van der Waals surface area contributed by atoms with Crippen molar-refractivity contribution in [1.29, 1.82) is 0 Å². The van der Waals surface area contributed by atoms with Gasteiger partial charge in [0.1, 0.15) is 5.75 Å². The molecule has 7 nitrogen and oxygen atoms in total. The van der Waals surface area contributed by atoms with E-state index >= 15 is 4.39 Å². The lowest BCUT2D eigenvalue weighted by Crippen LogP contribution is -2.50. The molecule has 0 aromatic heterocycles. The molecule has 0 bridgehead atoms. The number of hydrogen-bond donors (Lipinski definition) is 1. The first-order valence-corrected chi connectivity index (χ1v) is 16.9. The van der Waals surface area contributed by atoms with Gasteiger partial charge in [-0.3, -0.25) is 14.5 Å². The summed E-state index contributed by atoms with van der Waals surface area (Å²) in [5.74, 6) is -1.60. The zero-order valence-electron chi connectivity index (χ0n) is 27.1. The first kappa shape index (κ1) is 33.6. The Morgan fingerprint density at radius 2 is 1.60 bits per heavy atom. The average molecular weight is 660 g/mol. The molecule has 1 saturated carbocycles. The minimum Gasteiger partial charge on any atom is -0.497 e. The number of carbonyl (C=O) groups is 2. The second kappa shape index (κ2) is 13.3. The lowest BCUT2D eigenvalue weighted by molar-refractivity contribution is -0.143. The molecule has 0 radical (unpaired) electrons. The van der Waals surface area contributed by atoms with Crippen LogP contribution in [0.5, 0.6) is 5.75 Å². The van der Waals surface area contributed by atoms with Crippen molar-refractivity contribution in [1.82, 2.24) is 9.80 Å². The van der Waals surface area contributed by atoms with Crippen LogP contribution in [0.2, 0.25) is 0 Å². The second-order valence-corrected chi connectivity index (χ2v) is 14.1. The largest absolute Gasteiger partial charge is 0.497 e. The number of aliphatic carboxylic acids is 1. The van der Waals surface area contributed by atoms with Gasteiger partial charge in [-0.25, -0.2) is 4.39 Å². The molecule has 47 heavy (non-hydrogen) atoms. The number of hydrogen-bond acceptors (Lipinski definition) is 5. The van der Waals surface area contributed by atoms with Gasteiger partial charge in [0.2, 0.25) is 5.67 Å². The summed E-state index contributed by atoms with van der Waals surface area (Å²) >= 11 is 0. The van der Waals surface area contributed by atoms with Crippen molar-refractivity contribution < 1.29 is 37.0 Å². The molecule has 1 amide bonds. The van der Waals surface area contributed by atoms with Crippen LogP contribution in [0.25, 0.3) is 0 Å². The van der Waals surface area contributed by atoms with Crippen LogP contribution in [-0.4, -0.2) is 84.9 Å². The number of ether oxygens (including phenoxy) is 1. The summed E-state index contributed by atoms with van der Waals surface area (Å²) < 4.78 is 64.2. The van der Waals surface area contributed by atoms with E-state index < -0.39 is 41.1 Å². The Kier molecular flexibility index (Phi) is 9.48. The van der Waals surface area contributed by atoms with E-state index in [9.17, 15) is 27.9 Å². The molecular formula is C36H45F4N3O4. The highest BCUT2D eigenvalue weighted by Gasteiger charge is 2.57. The molecule has 3 atom stereocenters. The van der Waals surface area contributed by atoms with Crippen LogP contribution < -0.4 is 9.64 Å². The van der Waals surface area contributed by atoms with E-state index in [4.69, 9.17) is 4.74 Å². The summed E-state index contributed by atoms with van der Waals surface area (Å²) in [5, 5.41) is 9.44. The molecule has 4 fully saturated rings. The molecule has 0 spiro atoms. The Hall–Kier alpha value is -3.34.